The first kappa shape index (κ1) is 15.6. The van der Waals surface area contributed by atoms with Crippen molar-refractivity contribution in [2.75, 3.05) is 7.05 Å². The summed E-state index contributed by atoms with van der Waals surface area (Å²) >= 11 is 0. The van der Waals surface area contributed by atoms with E-state index in [9.17, 15) is 14.4 Å². The van der Waals surface area contributed by atoms with Crippen LogP contribution in [-0.2, 0) is 14.4 Å². The van der Waals surface area contributed by atoms with Gasteiger partial charge in [-0.05, 0) is 20.4 Å². The molecule has 0 aromatic carbocycles. The molecule has 98 valence electrons. The normalized spacial score (nSPS) is 13.8. The summed E-state index contributed by atoms with van der Waals surface area (Å²) in [7, 11) is 1.58. The molecule has 0 aliphatic heterocycles. The molecule has 0 spiro atoms. The van der Waals surface area contributed by atoms with Crippen LogP contribution in [0.2, 0.25) is 0 Å². The van der Waals surface area contributed by atoms with Crippen LogP contribution in [0.25, 0.3) is 0 Å². The smallest absolute Gasteiger partial charge is 0.303 e. The summed E-state index contributed by atoms with van der Waals surface area (Å²) < 4.78 is 0. The molecule has 17 heavy (non-hydrogen) atoms. The minimum Gasteiger partial charge on any atom is -0.481 e. The fraction of sp³-hybridized carbons (Fsp3) is 0.727. The van der Waals surface area contributed by atoms with Crippen molar-refractivity contribution in [2.45, 2.75) is 45.2 Å². The van der Waals surface area contributed by atoms with E-state index in [0.29, 0.717) is 6.42 Å². The van der Waals surface area contributed by atoms with Crippen LogP contribution < -0.4 is 10.6 Å². The van der Waals surface area contributed by atoms with Crippen molar-refractivity contribution in [1.82, 2.24) is 10.6 Å². The summed E-state index contributed by atoms with van der Waals surface area (Å²) in [6, 6.07) is -1.12. The van der Waals surface area contributed by atoms with Crippen LogP contribution in [0.15, 0.2) is 0 Å². The first-order valence-electron chi connectivity index (χ1n) is 5.64. The molecule has 0 aliphatic rings. The molecule has 0 rings (SSSR count). The maximum absolute atomic E-state index is 11.7. The number of carbonyl (C=O) groups is 3. The molecule has 3 N–H and O–H groups in total. The van der Waals surface area contributed by atoms with Crippen LogP contribution in [0.5, 0.6) is 0 Å². The van der Waals surface area contributed by atoms with Gasteiger partial charge in [0, 0.05) is 12.8 Å². The second kappa shape index (κ2) is 7.78. The third-order valence-corrected chi connectivity index (χ3v) is 2.50. The van der Waals surface area contributed by atoms with E-state index in [0.717, 1.165) is 0 Å². The van der Waals surface area contributed by atoms with Crippen molar-refractivity contribution in [3.05, 3.63) is 0 Å². The van der Waals surface area contributed by atoms with Gasteiger partial charge in [0.1, 0.15) is 0 Å². The zero-order valence-corrected chi connectivity index (χ0v) is 10.4. The first-order valence-corrected chi connectivity index (χ1v) is 5.64. The molecule has 0 aromatic heterocycles. The Morgan fingerprint density at radius 1 is 1.29 bits per heavy atom. The summed E-state index contributed by atoms with van der Waals surface area (Å²) in [5.74, 6) is -1.34. The Morgan fingerprint density at radius 2 is 1.88 bits per heavy atom. The molecule has 1 amide bonds. The lowest BCUT2D eigenvalue weighted by molar-refractivity contribution is -0.137. The topological polar surface area (TPSA) is 95.5 Å². The molecule has 0 saturated carbocycles. The number of ketones is 1. The number of hydrogen-bond acceptors (Lipinski definition) is 4. The number of carboxylic acid groups (broad SMARTS) is 1. The van der Waals surface area contributed by atoms with Crippen molar-refractivity contribution in [3.63, 3.8) is 0 Å². The van der Waals surface area contributed by atoms with Crippen LogP contribution in [-0.4, -0.2) is 41.9 Å². The highest BCUT2D eigenvalue weighted by Gasteiger charge is 2.21. The van der Waals surface area contributed by atoms with Crippen molar-refractivity contribution < 1.29 is 19.5 Å². The van der Waals surface area contributed by atoms with Gasteiger partial charge in [-0.25, -0.2) is 0 Å². The van der Waals surface area contributed by atoms with Gasteiger partial charge in [0.05, 0.1) is 12.1 Å². The zero-order valence-electron chi connectivity index (χ0n) is 10.4. The van der Waals surface area contributed by atoms with E-state index < -0.39 is 18.1 Å². The Balaban J connectivity index is 4.25. The largest absolute Gasteiger partial charge is 0.481 e. The average molecular weight is 244 g/mol. The number of carboxylic acids is 1. The van der Waals surface area contributed by atoms with E-state index in [-0.39, 0.29) is 24.5 Å². The van der Waals surface area contributed by atoms with E-state index >= 15 is 0 Å². The third-order valence-electron chi connectivity index (χ3n) is 2.50. The van der Waals surface area contributed by atoms with Crippen molar-refractivity contribution in [1.29, 1.82) is 0 Å². The van der Waals surface area contributed by atoms with Crippen molar-refractivity contribution in [2.24, 2.45) is 0 Å². The zero-order chi connectivity index (χ0) is 13.4. The number of Topliss-reactive ketones (excluding diaryl/α,β-unsaturated/α-hetero) is 1. The van der Waals surface area contributed by atoms with Crippen LogP contribution in [0.4, 0.5) is 0 Å². The van der Waals surface area contributed by atoms with E-state index in [2.05, 4.69) is 10.6 Å². The summed E-state index contributed by atoms with van der Waals surface area (Å²) in [5.41, 5.74) is 0. The van der Waals surface area contributed by atoms with Gasteiger partial charge in [-0.3, -0.25) is 14.4 Å². The van der Waals surface area contributed by atoms with Crippen LogP contribution in [0.3, 0.4) is 0 Å². The lowest BCUT2D eigenvalue weighted by Gasteiger charge is -2.18. The van der Waals surface area contributed by atoms with Crippen LogP contribution >= 0.6 is 0 Å². The van der Waals surface area contributed by atoms with Gasteiger partial charge in [0.15, 0.2) is 5.78 Å². The van der Waals surface area contributed by atoms with Gasteiger partial charge >= 0.3 is 5.97 Å². The van der Waals surface area contributed by atoms with Gasteiger partial charge < -0.3 is 15.7 Å². The molecule has 6 nitrogen and oxygen atoms in total. The number of amides is 1. The lowest BCUT2D eigenvalue weighted by Crippen LogP contribution is -2.48. The summed E-state index contributed by atoms with van der Waals surface area (Å²) in [6.45, 7) is 3.35. The van der Waals surface area contributed by atoms with Gasteiger partial charge in [0.2, 0.25) is 5.91 Å². The van der Waals surface area contributed by atoms with Gasteiger partial charge in [-0.1, -0.05) is 6.92 Å². The number of likely N-dealkylation sites (N-methyl/N-ethyl adjacent to an activating group) is 1. The standard InChI is InChI=1S/C11H20N2O4/c1-4-9(14)7(2)13-11(17)8(12-3)5-6-10(15)16/h7-8,12H,4-6H2,1-3H3,(H,13,17)(H,15,16)/t7-,8+/m1/s1. The second-order valence-corrected chi connectivity index (χ2v) is 3.82. The molecular weight excluding hydrogens is 224 g/mol. The highest BCUT2D eigenvalue weighted by Crippen LogP contribution is 1.99. The minimum atomic E-state index is -0.948. The second-order valence-electron chi connectivity index (χ2n) is 3.82. The van der Waals surface area contributed by atoms with Crippen molar-refractivity contribution in [3.8, 4) is 0 Å². The monoisotopic (exact) mass is 244 g/mol. The molecule has 0 fully saturated rings. The van der Waals surface area contributed by atoms with Gasteiger partial charge in [-0.15, -0.1) is 0 Å². The van der Waals surface area contributed by atoms with Crippen LogP contribution in [0.1, 0.15) is 33.1 Å². The summed E-state index contributed by atoms with van der Waals surface area (Å²) in [4.78, 5) is 33.4. The average Bonchev–Trinajstić information content (AvgIpc) is 2.28. The lowest BCUT2D eigenvalue weighted by atomic mass is 10.1. The maximum atomic E-state index is 11.7. The first-order chi connectivity index (χ1) is 7.92. The van der Waals surface area contributed by atoms with E-state index in [1.807, 2.05) is 0 Å². The number of hydrogen-bond donors (Lipinski definition) is 3. The molecule has 6 heteroatoms. The molecule has 0 saturated heterocycles. The summed E-state index contributed by atoms with van der Waals surface area (Å²) in [6.07, 6.45) is 0.473. The molecular formula is C11H20N2O4. The minimum absolute atomic E-state index is 0.0496. The SMILES string of the molecule is CCC(=O)[C@@H](C)NC(=O)[C@H](CCC(=O)O)NC. The van der Waals surface area contributed by atoms with E-state index in [1.54, 1.807) is 20.9 Å². The summed E-state index contributed by atoms with van der Waals surface area (Å²) in [5, 5.41) is 13.8. The molecule has 0 heterocycles. The van der Waals surface area contributed by atoms with E-state index in [4.69, 9.17) is 5.11 Å². The fourth-order valence-electron chi connectivity index (χ4n) is 1.37. The quantitative estimate of drug-likeness (QED) is 0.555. The Labute approximate surface area is 101 Å². The number of carbonyl (C=O) groups excluding carboxylic acids is 2. The number of nitrogens with one attached hydrogen (secondary N) is 2. The van der Waals surface area contributed by atoms with Crippen LogP contribution in [0, 0.1) is 0 Å². The highest BCUT2D eigenvalue weighted by molar-refractivity contribution is 5.90. The Kier molecular flexibility index (Phi) is 7.13. The predicted octanol–water partition coefficient (Wildman–Crippen LogP) is -0.0770. The Morgan fingerprint density at radius 3 is 2.29 bits per heavy atom. The van der Waals surface area contributed by atoms with Crippen molar-refractivity contribution >= 4 is 17.7 Å². The fourth-order valence-corrected chi connectivity index (χ4v) is 1.37. The highest BCUT2D eigenvalue weighted by atomic mass is 16.4. The number of rotatable bonds is 8. The molecule has 0 unspecified atom stereocenters. The predicted molar refractivity (Wildman–Crippen MR) is 62.6 cm³/mol. The Hall–Kier alpha value is -1.43. The van der Waals surface area contributed by atoms with E-state index in [1.165, 1.54) is 0 Å². The molecule has 0 radical (unpaired) electrons. The molecule has 2 atom stereocenters. The Bertz CT molecular complexity index is 291. The maximum Gasteiger partial charge on any atom is 0.303 e. The third kappa shape index (κ3) is 6.01. The number of aliphatic carboxylic acids is 1. The van der Waals surface area contributed by atoms with Gasteiger partial charge in [0.25, 0.3) is 0 Å². The van der Waals surface area contributed by atoms with Gasteiger partial charge in [-0.2, -0.15) is 0 Å². The molecule has 0 bridgehead atoms. The molecule has 0 aromatic rings. The molecule has 0 aliphatic carbocycles.